The molecule has 0 saturated carbocycles. The summed E-state index contributed by atoms with van der Waals surface area (Å²) in [6, 6.07) is 1.13. The molecule has 1 aromatic rings. The highest BCUT2D eigenvalue weighted by atomic mass is 19.2. The quantitative estimate of drug-likeness (QED) is 0.564. The van der Waals surface area contributed by atoms with Gasteiger partial charge in [0.2, 0.25) is 0 Å². The molecule has 5 nitrogen and oxygen atoms in total. The topological polar surface area (TPSA) is 78.4 Å². The van der Waals surface area contributed by atoms with Gasteiger partial charge in [0.25, 0.3) is 0 Å². The summed E-state index contributed by atoms with van der Waals surface area (Å²) in [5.41, 5.74) is -0.366. The summed E-state index contributed by atoms with van der Waals surface area (Å²) in [6.07, 6.45) is 0.455. The van der Waals surface area contributed by atoms with Gasteiger partial charge in [-0.15, -0.1) is 0 Å². The van der Waals surface area contributed by atoms with E-state index in [0.717, 1.165) is 0 Å². The van der Waals surface area contributed by atoms with Crippen LogP contribution in [0.4, 0.5) is 18.9 Å². The molecule has 21 heavy (non-hydrogen) atoms. The summed E-state index contributed by atoms with van der Waals surface area (Å²) in [5.74, 6) is -6.76. The van der Waals surface area contributed by atoms with E-state index in [1.54, 1.807) is 6.92 Å². The van der Waals surface area contributed by atoms with E-state index < -0.39 is 29.3 Å². The van der Waals surface area contributed by atoms with Crippen molar-refractivity contribution >= 4 is 17.5 Å². The Morgan fingerprint density at radius 3 is 2.29 bits per heavy atom. The first kappa shape index (κ1) is 17.0. The van der Waals surface area contributed by atoms with Crippen molar-refractivity contribution in [2.75, 3.05) is 18.5 Å². The van der Waals surface area contributed by atoms with Crippen LogP contribution in [-0.4, -0.2) is 30.1 Å². The highest BCUT2D eigenvalue weighted by Gasteiger charge is 2.17. The van der Waals surface area contributed by atoms with Crippen LogP contribution >= 0.6 is 0 Å². The fourth-order valence-corrected chi connectivity index (χ4v) is 1.49. The first-order valence-corrected chi connectivity index (χ1v) is 6.19. The maximum Gasteiger partial charge on any atom is 0.313 e. The molecule has 0 aromatic heterocycles. The Morgan fingerprint density at radius 2 is 1.76 bits per heavy atom. The van der Waals surface area contributed by atoms with Crippen LogP contribution in [0.5, 0.6) is 0 Å². The highest BCUT2D eigenvalue weighted by Crippen LogP contribution is 2.17. The van der Waals surface area contributed by atoms with E-state index in [2.05, 4.69) is 5.32 Å². The summed E-state index contributed by atoms with van der Waals surface area (Å²) in [6.45, 7) is 1.88. The van der Waals surface area contributed by atoms with Crippen molar-refractivity contribution in [2.24, 2.45) is 5.92 Å². The second kappa shape index (κ2) is 7.63. The van der Waals surface area contributed by atoms with Crippen molar-refractivity contribution in [1.29, 1.82) is 0 Å². The summed E-state index contributed by atoms with van der Waals surface area (Å²) < 4.78 is 38.6. The minimum absolute atomic E-state index is 0.0348. The maximum atomic E-state index is 12.9. The van der Waals surface area contributed by atoms with Crippen LogP contribution in [0.1, 0.15) is 13.3 Å². The molecule has 1 atom stereocenters. The summed E-state index contributed by atoms with van der Waals surface area (Å²) in [7, 11) is 0. The predicted molar refractivity (Wildman–Crippen MR) is 68.8 cm³/mol. The first-order chi connectivity index (χ1) is 9.85. The van der Waals surface area contributed by atoms with Gasteiger partial charge < -0.3 is 15.7 Å². The molecule has 0 aliphatic carbocycles. The van der Waals surface area contributed by atoms with Gasteiger partial charge in [-0.1, -0.05) is 6.92 Å². The Balaban J connectivity index is 2.58. The van der Waals surface area contributed by atoms with Crippen LogP contribution in [0, 0.1) is 23.4 Å². The van der Waals surface area contributed by atoms with Crippen molar-refractivity contribution in [3.8, 4) is 0 Å². The highest BCUT2D eigenvalue weighted by molar-refractivity contribution is 6.39. The molecule has 0 radical (unpaired) electrons. The van der Waals surface area contributed by atoms with Crippen molar-refractivity contribution < 1.29 is 27.9 Å². The van der Waals surface area contributed by atoms with Crippen LogP contribution in [-0.2, 0) is 9.59 Å². The molecule has 116 valence electrons. The van der Waals surface area contributed by atoms with E-state index in [1.165, 1.54) is 0 Å². The third-order valence-electron chi connectivity index (χ3n) is 2.68. The maximum absolute atomic E-state index is 12.9. The molecule has 0 saturated heterocycles. The number of amides is 2. The number of hydrogen-bond donors (Lipinski definition) is 3. The second-order valence-corrected chi connectivity index (χ2v) is 4.54. The van der Waals surface area contributed by atoms with Crippen LogP contribution < -0.4 is 10.6 Å². The number of carbonyl (C=O) groups is 2. The predicted octanol–water partition coefficient (Wildman–Crippen LogP) is 1.18. The zero-order chi connectivity index (χ0) is 16.0. The second-order valence-electron chi connectivity index (χ2n) is 4.54. The van der Waals surface area contributed by atoms with Crippen LogP contribution in [0.3, 0.4) is 0 Å². The summed E-state index contributed by atoms with van der Waals surface area (Å²) >= 11 is 0. The zero-order valence-electron chi connectivity index (χ0n) is 11.3. The molecule has 2 amide bonds. The standard InChI is InChI=1S/C13H15F3N2O3/c1-7(2-3-19)6-17-12(20)13(21)18-8-4-9(14)11(16)10(15)5-8/h4-5,7,19H,2-3,6H2,1H3,(H,17,20)(H,18,21). The van der Waals surface area contributed by atoms with Crippen molar-refractivity contribution in [3.63, 3.8) is 0 Å². The molecule has 1 unspecified atom stereocenters. The molecule has 0 heterocycles. The van der Waals surface area contributed by atoms with Crippen LogP contribution in [0.25, 0.3) is 0 Å². The van der Waals surface area contributed by atoms with Crippen molar-refractivity contribution in [2.45, 2.75) is 13.3 Å². The fourth-order valence-electron chi connectivity index (χ4n) is 1.49. The molecule has 0 bridgehead atoms. The number of halogens is 3. The Morgan fingerprint density at radius 1 is 1.19 bits per heavy atom. The Kier molecular flexibility index (Phi) is 6.16. The van der Waals surface area contributed by atoms with Gasteiger partial charge in [0.15, 0.2) is 17.5 Å². The number of hydrogen-bond acceptors (Lipinski definition) is 3. The number of anilines is 1. The average Bonchev–Trinajstić information content (AvgIpc) is 2.42. The van der Waals surface area contributed by atoms with Gasteiger partial charge in [0, 0.05) is 31.0 Å². The van der Waals surface area contributed by atoms with Crippen LogP contribution in [0.15, 0.2) is 12.1 Å². The van der Waals surface area contributed by atoms with Gasteiger partial charge in [-0.05, 0) is 12.3 Å². The molecule has 0 aliphatic heterocycles. The van der Waals surface area contributed by atoms with E-state index in [1.807, 2.05) is 5.32 Å². The molecule has 0 fully saturated rings. The third kappa shape index (κ3) is 5.07. The van der Waals surface area contributed by atoms with Crippen molar-refractivity contribution in [1.82, 2.24) is 5.32 Å². The molecular weight excluding hydrogens is 289 g/mol. The molecule has 0 aliphatic rings. The molecule has 3 N–H and O–H groups in total. The number of aliphatic hydroxyl groups excluding tert-OH is 1. The van der Waals surface area contributed by atoms with Gasteiger partial charge in [-0.2, -0.15) is 0 Å². The van der Waals surface area contributed by atoms with E-state index in [0.29, 0.717) is 18.6 Å². The van der Waals surface area contributed by atoms with Gasteiger partial charge in [-0.3, -0.25) is 9.59 Å². The van der Waals surface area contributed by atoms with Gasteiger partial charge >= 0.3 is 11.8 Å². The largest absolute Gasteiger partial charge is 0.396 e. The van der Waals surface area contributed by atoms with E-state index in [9.17, 15) is 22.8 Å². The fraction of sp³-hybridized carbons (Fsp3) is 0.385. The average molecular weight is 304 g/mol. The molecule has 1 rings (SSSR count). The number of benzene rings is 1. The lowest BCUT2D eigenvalue weighted by atomic mass is 10.1. The molecule has 1 aromatic carbocycles. The van der Waals surface area contributed by atoms with Gasteiger partial charge in [0.1, 0.15) is 0 Å². The summed E-state index contributed by atoms with van der Waals surface area (Å²) in [5, 5.41) is 13.0. The van der Waals surface area contributed by atoms with E-state index in [-0.39, 0.29) is 24.8 Å². The summed E-state index contributed by atoms with van der Waals surface area (Å²) in [4.78, 5) is 22.9. The SMILES string of the molecule is CC(CCO)CNC(=O)C(=O)Nc1cc(F)c(F)c(F)c1. The lowest BCUT2D eigenvalue weighted by Crippen LogP contribution is -2.37. The normalized spacial score (nSPS) is 11.9. The zero-order valence-corrected chi connectivity index (χ0v) is 11.3. The smallest absolute Gasteiger partial charge is 0.313 e. The van der Waals surface area contributed by atoms with Gasteiger partial charge in [0.05, 0.1) is 0 Å². The lowest BCUT2D eigenvalue weighted by Gasteiger charge is -2.11. The van der Waals surface area contributed by atoms with E-state index >= 15 is 0 Å². The van der Waals surface area contributed by atoms with Crippen molar-refractivity contribution in [3.05, 3.63) is 29.6 Å². The monoisotopic (exact) mass is 304 g/mol. The minimum atomic E-state index is -1.66. The Bertz CT molecular complexity index is 514. The third-order valence-corrected chi connectivity index (χ3v) is 2.68. The molecule has 0 spiro atoms. The molecular formula is C13H15F3N2O3. The lowest BCUT2D eigenvalue weighted by molar-refractivity contribution is -0.136. The van der Waals surface area contributed by atoms with Crippen LogP contribution in [0.2, 0.25) is 0 Å². The first-order valence-electron chi connectivity index (χ1n) is 6.19. The number of carbonyl (C=O) groups excluding carboxylic acids is 2. The number of rotatable bonds is 5. The Hall–Kier alpha value is -2.09. The molecule has 8 heteroatoms. The number of nitrogens with one attached hydrogen (secondary N) is 2. The minimum Gasteiger partial charge on any atom is -0.396 e. The van der Waals surface area contributed by atoms with Gasteiger partial charge in [-0.25, -0.2) is 13.2 Å². The Labute approximate surface area is 119 Å². The number of aliphatic hydroxyl groups is 1. The van der Waals surface area contributed by atoms with E-state index in [4.69, 9.17) is 5.11 Å².